The van der Waals surface area contributed by atoms with Crippen LogP contribution >= 0.6 is 11.6 Å². The van der Waals surface area contributed by atoms with E-state index in [1.54, 1.807) is 6.07 Å². The summed E-state index contributed by atoms with van der Waals surface area (Å²) in [5.74, 6) is 0.0316. The number of rotatable bonds is 6. The van der Waals surface area contributed by atoms with Crippen LogP contribution < -0.4 is 10.6 Å². The molecular weight excluding hydrogens is 250 g/mol. The van der Waals surface area contributed by atoms with E-state index in [1.165, 1.54) is 0 Å². The molecule has 0 radical (unpaired) electrons. The Hall–Kier alpha value is -1.42. The highest BCUT2D eigenvalue weighted by molar-refractivity contribution is 6.34. The Balaban J connectivity index is 3.01. The van der Waals surface area contributed by atoms with Crippen LogP contribution in [0.15, 0.2) is 23.4 Å². The summed E-state index contributed by atoms with van der Waals surface area (Å²) < 4.78 is 0. The van der Waals surface area contributed by atoms with Crippen LogP contribution in [0.25, 0.3) is 0 Å². The molecule has 0 saturated heterocycles. The normalized spacial score (nSPS) is 11.6. The van der Waals surface area contributed by atoms with Gasteiger partial charge in [0.15, 0.2) is 5.84 Å². The number of benzene rings is 1. The van der Waals surface area contributed by atoms with Crippen LogP contribution in [0.3, 0.4) is 0 Å². The highest BCUT2D eigenvalue weighted by Crippen LogP contribution is 2.24. The first-order valence-corrected chi connectivity index (χ1v) is 6.54. The van der Waals surface area contributed by atoms with Crippen molar-refractivity contribution in [2.45, 2.75) is 26.7 Å². The Morgan fingerprint density at radius 2 is 1.94 bits per heavy atom. The lowest BCUT2D eigenvalue weighted by atomic mass is 10.1. The molecule has 0 saturated carbocycles. The van der Waals surface area contributed by atoms with Crippen molar-refractivity contribution in [3.63, 3.8) is 0 Å². The number of hydrogen-bond donors (Lipinski definition) is 2. The van der Waals surface area contributed by atoms with E-state index < -0.39 is 0 Å². The molecule has 3 N–H and O–H groups in total. The van der Waals surface area contributed by atoms with E-state index in [4.69, 9.17) is 22.5 Å². The molecule has 0 unspecified atom stereocenters. The standard InChI is InChI=1S/C13H20ClN3O/c1-3-7-17(8-4-2)10-5-6-11(12(14)9-10)13(15)16-18/h5-6,9,18H,3-4,7-8H2,1-2H3,(H2,15,16). The molecule has 1 rings (SSSR count). The minimum absolute atomic E-state index is 0.0316. The molecule has 0 aliphatic rings. The van der Waals surface area contributed by atoms with Crippen LogP contribution in [0.5, 0.6) is 0 Å². The predicted molar refractivity (Wildman–Crippen MR) is 76.8 cm³/mol. The zero-order valence-electron chi connectivity index (χ0n) is 10.9. The van der Waals surface area contributed by atoms with E-state index in [0.29, 0.717) is 10.6 Å². The number of amidine groups is 1. The number of nitrogens with two attached hydrogens (primary N) is 1. The van der Waals surface area contributed by atoms with Gasteiger partial charge in [0.25, 0.3) is 0 Å². The van der Waals surface area contributed by atoms with Gasteiger partial charge in [-0.3, -0.25) is 0 Å². The van der Waals surface area contributed by atoms with Gasteiger partial charge in [-0.05, 0) is 31.0 Å². The summed E-state index contributed by atoms with van der Waals surface area (Å²) in [6, 6.07) is 5.59. The van der Waals surface area contributed by atoms with Gasteiger partial charge >= 0.3 is 0 Å². The van der Waals surface area contributed by atoms with Gasteiger partial charge in [0, 0.05) is 24.3 Å². The van der Waals surface area contributed by atoms with Gasteiger partial charge in [0.05, 0.1) is 5.02 Å². The van der Waals surface area contributed by atoms with Crippen molar-refractivity contribution in [2.24, 2.45) is 10.9 Å². The molecule has 0 aliphatic heterocycles. The van der Waals surface area contributed by atoms with Gasteiger partial charge in [-0.15, -0.1) is 0 Å². The maximum atomic E-state index is 8.65. The maximum Gasteiger partial charge on any atom is 0.171 e. The minimum atomic E-state index is 0.0316. The smallest absolute Gasteiger partial charge is 0.171 e. The zero-order chi connectivity index (χ0) is 13.5. The zero-order valence-corrected chi connectivity index (χ0v) is 11.6. The molecule has 0 bridgehead atoms. The topological polar surface area (TPSA) is 61.8 Å². The predicted octanol–water partition coefficient (Wildman–Crippen LogP) is 3.06. The Kier molecular flexibility index (Phi) is 5.78. The molecule has 4 nitrogen and oxygen atoms in total. The lowest BCUT2D eigenvalue weighted by molar-refractivity contribution is 0.318. The van der Waals surface area contributed by atoms with Gasteiger partial charge in [-0.25, -0.2) is 0 Å². The van der Waals surface area contributed by atoms with Crippen LogP contribution in [-0.4, -0.2) is 24.1 Å². The molecule has 0 spiro atoms. The van der Waals surface area contributed by atoms with E-state index in [2.05, 4.69) is 23.9 Å². The molecule has 5 heteroatoms. The first-order chi connectivity index (χ1) is 8.63. The summed E-state index contributed by atoms with van der Waals surface area (Å²) in [5.41, 5.74) is 7.16. The molecule has 0 amide bonds. The van der Waals surface area contributed by atoms with Crippen molar-refractivity contribution in [3.8, 4) is 0 Å². The van der Waals surface area contributed by atoms with E-state index in [1.807, 2.05) is 12.1 Å². The molecule has 0 atom stereocenters. The Bertz CT molecular complexity index is 415. The SMILES string of the molecule is CCCN(CCC)c1ccc(C(N)=NO)c(Cl)c1. The number of oxime groups is 1. The van der Waals surface area contributed by atoms with Crippen LogP contribution in [0.1, 0.15) is 32.3 Å². The molecule has 18 heavy (non-hydrogen) atoms. The molecular formula is C13H20ClN3O. The van der Waals surface area contributed by atoms with Crippen molar-refractivity contribution in [1.82, 2.24) is 0 Å². The van der Waals surface area contributed by atoms with Crippen molar-refractivity contribution in [2.75, 3.05) is 18.0 Å². The fraction of sp³-hybridized carbons (Fsp3) is 0.462. The van der Waals surface area contributed by atoms with E-state index in [0.717, 1.165) is 31.6 Å². The highest BCUT2D eigenvalue weighted by Gasteiger charge is 2.10. The van der Waals surface area contributed by atoms with E-state index >= 15 is 0 Å². The van der Waals surface area contributed by atoms with Gasteiger partial charge in [0.1, 0.15) is 0 Å². The summed E-state index contributed by atoms with van der Waals surface area (Å²) in [5, 5.41) is 12.1. The summed E-state index contributed by atoms with van der Waals surface area (Å²) >= 11 is 6.15. The molecule has 100 valence electrons. The minimum Gasteiger partial charge on any atom is -0.409 e. The number of anilines is 1. The van der Waals surface area contributed by atoms with Crippen LogP contribution in [-0.2, 0) is 0 Å². The number of halogens is 1. The van der Waals surface area contributed by atoms with E-state index in [-0.39, 0.29) is 5.84 Å². The second-order valence-corrected chi connectivity index (χ2v) is 4.54. The third-order valence-electron chi connectivity index (χ3n) is 2.69. The number of hydrogen-bond acceptors (Lipinski definition) is 3. The molecule has 0 aliphatic carbocycles. The van der Waals surface area contributed by atoms with Crippen LogP contribution in [0.4, 0.5) is 5.69 Å². The van der Waals surface area contributed by atoms with Gasteiger partial charge in [-0.2, -0.15) is 0 Å². The van der Waals surface area contributed by atoms with Crippen LogP contribution in [0.2, 0.25) is 5.02 Å². The lowest BCUT2D eigenvalue weighted by Crippen LogP contribution is -2.25. The van der Waals surface area contributed by atoms with Crippen molar-refractivity contribution < 1.29 is 5.21 Å². The van der Waals surface area contributed by atoms with Crippen LogP contribution in [0, 0.1) is 0 Å². The summed E-state index contributed by atoms with van der Waals surface area (Å²) in [6.45, 7) is 6.28. The van der Waals surface area contributed by atoms with Gasteiger partial charge < -0.3 is 15.8 Å². The first-order valence-electron chi connectivity index (χ1n) is 6.16. The third-order valence-corrected chi connectivity index (χ3v) is 3.00. The Morgan fingerprint density at radius 3 is 2.39 bits per heavy atom. The summed E-state index contributed by atoms with van der Waals surface area (Å²) in [7, 11) is 0. The summed E-state index contributed by atoms with van der Waals surface area (Å²) in [4.78, 5) is 2.28. The quantitative estimate of drug-likeness (QED) is 0.361. The first kappa shape index (κ1) is 14.6. The second kappa shape index (κ2) is 7.11. The summed E-state index contributed by atoms with van der Waals surface area (Å²) in [6.07, 6.45) is 2.17. The second-order valence-electron chi connectivity index (χ2n) is 4.14. The van der Waals surface area contributed by atoms with Crippen molar-refractivity contribution in [3.05, 3.63) is 28.8 Å². The molecule has 0 aromatic heterocycles. The maximum absolute atomic E-state index is 8.65. The lowest BCUT2D eigenvalue weighted by Gasteiger charge is -2.24. The Morgan fingerprint density at radius 1 is 1.33 bits per heavy atom. The molecule has 1 aromatic rings. The van der Waals surface area contributed by atoms with Gasteiger partial charge in [-0.1, -0.05) is 30.6 Å². The average molecular weight is 270 g/mol. The van der Waals surface area contributed by atoms with Crippen molar-refractivity contribution in [1.29, 1.82) is 0 Å². The third kappa shape index (κ3) is 3.53. The van der Waals surface area contributed by atoms with Crippen molar-refractivity contribution >= 4 is 23.1 Å². The highest BCUT2D eigenvalue weighted by atomic mass is 35.5. The molecule has 1 aromatic carbocycles. The number of nitrogens with zero attached hydrogens (tertiary/aromatic N) is 2. The Labute approximate surface area is 113 Å². The largest absolute Gasteiger partial charge is 0.409 e. The molecule has 0 heterocycles. The fourth-order valence-corrected chi connectivity index (χ4v) is 2.14. The fourth-order valence-electron chi connectivity index (χ4n) is 1.87. The average Bonchev–Trinajstić information content (AvgIpc) is 2.37. The van der Waals surface area contributed by atoms with Gasteiger partial charge in [0.2, 0.25) is 0 Å². The monoisotopic (exact) mass is 269 g/mol. The molecule has 0 fully saturated rings. The van der Waals surface area contributed by atoms with E-state index in [9.17, 15) is 0 Å².